The molecule has 5 heteroatoms. The molecule has 0 saturated heterocycles. The van der Waals surface area contributed by atoms with E-state index in [1.54, 1.807) is 23.6 Å². The molecule has 0 fully saturated rings. The minimum Gasteiger partial charge on any atom is -0.274 e. The van der Waals surface area contributed by atoms with Crippen LogP contribution in [0.25, 0.3) is 0 Å². The zero-order chi connectivity index (χ0) is 17.8. The molecule has 3 rings (SSSR count). The van der Waals surface area contributed by atoms with Gasteiger partial charge in [-0.1, -0.05) is 35.9 Å². The van der Waals surface area contributed by atoms with Crippen molar-refractivity contribution in [2.24, 2.45) is 0 Å². The van der Waals surface area contributed by atoms with Gasteiger partial charge in [-0.15, -0.1) is 23.1 Å². The Morgan fingerprint density at radius 3 is 2.60 bits per heavy atom. The van der Waals surface area contributed by atoms with Gasteiger partial charge in [0.15, 0.2) is 5.13 Å². The maximum atomic E-state index is 12.1. The zero-order valence-corrected chi connectivity index (χ0v) is 16.2. The van der Waals surface area contributed by atoms with E-state index in [2.05, 4.69) is 37.0 Å². The lowest BCUT2D eigenvalue weighted by Gasteiger charge is -2.17. The smallest absolute Gasteiger partial charge is 0.230 e. The molecule has 0 radical (unpaired) electrons. The summed E-state index contributed by atoms with van der Waals surface area (Å²) in [7, 11) is 0. The third-order valence-electron chi connectivity index (χ3n) is 3.77. The van der Waals surface area contributed by atoms with Crippen molar-refractivity contribution in [3.05, 3.63) is 70.7 Å². The van der Waals surface area contributed by atoms with Crippen LogP contribution in [0.3, 0.4) is 0 Å². The first-order valence-corrected chi connectivity index (χ1v) is 9.91. The van der Waals surface area contributed by atoms with Crippen LogP contribution in [0.1, 0.15) is 23.7 Å². The molecule has 0 N–H and O–H groups in total. The average Bonchev–Trinajstić information content (AvgIpc) is 3.03. The number of hydrogen-bond acceptors (Lipinski definition) is 4. The number of anilines is 2. The Bertz CT molecular complexity index is 874. The Morgan fingerprint density at radius 2 is 1.92 bits per heavy atom. The van der Waals surface area contributed by atoms with Crippen LogP contribution in [0.5, 0.6) is 0 Å². The van der Waals surface area contributed by atoms with E-state index in [0.29, 0.717) is 0 Å². The second-order valence-electron chi connectivity index (χ2n) is 5.87. The molecule has 2 aromatic carbocycles. The summed E-state index contributed by atoms with van der Waals surface area (Å²) >= 11 is 3.28. The zero-order valence-electron chi connectivity index (χ0n) is 14.5. The summed E-state index contributed by atoms with van der Waals surface area (Å²) in [4.78, 5) is 19.7. The predicted octanol–water partition coefficient (Wildman–Crippen LogP) is 5.74. The highest BCUT2D eigenvalue weighted by molar-refractivity contribution is 7.98. The Morgan fingerprint density at radius 1 is 1.16 bits per heavy atom. The quantitative estimate of drug-likeness (QED) is 0.539. The maximum Gasteiger partial charge on any atom is 0.230 e. The van der Waals surface area contributed by atoms with E-state index in [4.69, 9.17) is 0 Å². The Labute approximate surface area is 156 Å². The predicted molar refractivity (Wildman–Crippen MR) is 107 cm³/mol. The number of aromatic nitrogens is 1. The molecule has 3 aromatic rings. The van der Waals surface area contributed by atoms with Crippen molar-refractivity contribution in [1.82, 2.24) is 4.98 Å². The van der Waals surface area contributed by atoms with Crippen molar-refractivity contribution in [1.29, 1.82) is 0 Å². The van der Waals surface area contributed by atoms with Gasteiger partial charge in [-0.05, 0) is 37.6 Å². The Balaban J connectivity index is 1.76. The molecule has 128 valence electrons. The second-order valence-corrected chi connectivity index (χ2v) is 7.72. The van der Waals surface area contributed by atoms with Gasteiger partial charge in [0.2, 0.25) is 5.91 Å². The van der Waals surface area contributed by atoms with Crippen molar-refractivity contribution in [2.75, 3.05) is 4.90 Å². The largest absolute Gasteiger partial charge is 0.274 e. The molecule has 0 unspecified atom stereocenters. The first-order valence-electron chi connectivity index (χ1n) is 8.05. The van der Waals surface area contributed by atoms with E-state index in [1.807, 2.05) is 35.7 Å². The molecule has 0 saturated carbocycles. The highest BCUT2D eigenvalue weighted by atomic mass is 32.2. The third-order valence-corrected chi connectivity index (χ3v) is 5.85. The third kappa shape index (κ3) is 4.30. The summed E-state index contributed by atoms with van der Waals surface area (Å²) in [5.41, 5.74) is 4.40. The summed E-state index contributed by atoms with van der Waals surface area (Å²) in [5, 5.41) is 2.75. The van der Waals surface area contributed by atoms with Gasteiger partial charge in [0.25, 0.3) is 0 Å². The first-order chi connectivity index (χ1) is 12.0. The number of carbonyl (C=O) groups is 1. The lowest BCUT2D eigenvalue weighted by molar-refractivity contribution is -0.115. The maximum absolute atomic E-state index is 12.1. The van der Waals surface area contributed by atoms with E-state index in [0.717, 1.165) is 22.3 Å². The normalized spacial score (nSPS) is 10.7. The van der Waals surface area contributed by atoms with Crippen LogP contribution in [0, 0.1) is 13.8 Å². The molecule has 0 aliphatic carbocycles. The van der Waals surface area contributed by atoms with Gasteiger partial charge >= 0.3 is 0 Å². The molecule has 0 aliphatic rings. The summed E-state index contributed by atoms with van der Waals surface area (Å²) in [6.07, 6.45) is 0. The van der Waals surface area contributed by atoms with Crippen LogP contribution in [0.2, 0.25) is 0 Å². The molecule has 0 bridgehead atoms. The molecule has 1 aromatic heterocycles. The lowest BCUT2D eigenvalue weighted by atomic mass is 10.2. The SMILES string of the molecule is CC(=O)N(c1ccccc1)c1nc(CSc2ccc(C)cc2C)cs1. The van der Waals surface area contributed by atoms with Crippen LogP contribution in [-0.4, -0.2) is 10.9 Å². The van der Waals surface area contributed by atoms with Crippen LogP contribution in [0.4, 0.5) is 10.8 Å². The minimum absolute atomic E-state index is 0.0332. The molecule has 0 aliphatic heterocycles. The highest BCUT2D eigenvalue weighted by Crippen LogP contribution is 2.32. The Hall–Kier alpha value is -2.11. The number of benzene rings is 2. The number of amides is 1. The fourth-order valence-electron chi connectivity index (χ4n) is 2.58. The number of rotatable bonds is 5. The van der Waals surface area contributed by atoms with Crippen LogP contribution < -0.4 is 4.90 Å². The fraction of sp³-hybridized carbons (Fsp3) is 0.200. The summed E-state index contributed by atoms with van der Waals surface area (Å²) in [6.45, 7) is 5.81. The van der Waals surface area contributed by atoms with Gasteiger partial charge in [-0.3, -0.25) is 9.69 Å². The van der Waals surface area contributed by atoms with Crippen molar-refractivity contribution < 1.29 is 4.79 Å². The molecule has 25 heavy (non-hydrogen) atoms. The van der Waals surface area contributed by atoms with Crippen molar-refractivity contribution in [2.45, 2.75) is 31.4 Å². The van der Waals surface area contributed by atoms with Crippen LogP contribution in [-0.2, 0) is 10.5 Å². The monoisotopic (exact) mass is 368 g/mol. The Kier molecular flexibility index (Phi) is 5.56. The van der Waals surface area contributed by atoms with E-state index >= 15 is 0 Å². The van der Waals surface area contributed by atoms with Gasteiger partial charge in [-0.2, -0.15) is 0 Å². The number of thiazole rings is 1. The number of para-hydroxylation sites is 1. The number of carbonyl (C=O) groups excluding carboxylic acids is 1. The average molecular weight is 369 g/mol. The van der Waals surface area contributed by atoms with Gasteiger partial charge in [0.1, 0.15) is 0 Å². The van der Waals surface area contributed by atoms with Gasteiger partial charge in [0, 0.05) is 23.0 Å². The summed E-state index contributed by atoms with van der Waals surface area (Å²) in [6, 6.07) is 16.1. The van der Waals surface area contributed by atoms with E-state index in [9.17, 15) is 4.79 Å². The molecule has 0 atom stereocenters. The summed E-state index contributed by atoms with van der Waals surface area (Å²) < 4.78 is 0. The van der Waals surface area contributed by atoms with Crippen LogP contribution >= 0.6 is 23.1 Å². The molecular weight excluding hydrogens is 348 g/mol. The minimum atomic E-state index is -0.0332. The molecule has 0 spiro atoms. The van der Waals surface area contributed by atoms with Crippen molar-refractivity contribution >= 4 is 39.8 Å². The van der Waals surface area contributed by atoms with Crippen molar-refractivity contribution in [3.8, 4) is 0 Å². The molecule has 1 amide bonds. The van der Waals surface area contributed by atoms with Gasteiger partial charge < -0.3 is 0 Å². The van der Waals surface area contributed by atoms with E-state index < -0.39 is 0 Å². The lowest BCUT2D eigenvalue weighted by Crippen LogP contribution is -2.22. The number of hydrogen-bond donors (Lipinski definition) is 0. The first kappa shape index (κ1) is 17.7. The van der Waals surface area contributed by atoms with E-state index in [1.165, 1.54) is 27.4 Å². The molecule has 3 nitrogen and oxygen atoms in total. The number of nitrogens with zero attached hydrogens (tertiary/aromatic N) is 2. The molecule has 1 heterocycles. The van der Waals surface area contributed by atoms with Crippen molar-refractivity contribution in [3.63, 3.8) is 0 Å². The van der Waals surface area contributed by atoms with Gasteiger partial charge in [0.05, 0.1) is 11.4 Å². The van der Waals surface area contributed by atoms with E-state index in [-0.39, 0.29) is 5.91 Å². The standard InChI is InChI=1S/C20H20N2OS2/c1-14-9-10-19(15(2)11-14)24-12-17-13-25-20(21-17)22(16(3)23)18-7-5-4-6-8-18/h4-11,13H,12H2,1-3H3. The topological polar surface area (TPSA) is 33.2 Å². The highest BCUT2D eigenvalue weighted by Gasteiger charge is 2.17. The summed E-state index contributed by atoms with van der Waals surface area (Å²) in [5.74, 6) is 0.759. The number of thioether (sulfide) groups is 1. The fourth-order valence-corrected chi connectivity index (χ4v) is 4.48. The number of aryl methyl sites for hydroxylation is 2. The second kappa shape index (κ2) is 7.85. The molecular formula is C20H20N2OS2. The van der Waals surface area contributed by atoms with Gasteiger partial charge in [-0.25, -0.2) is 4.98 Å². The van der Waals surface area contributed by atoms with Crippen LogP contribution in [0.15, 0.2) is 58.8 Å².